The van der Waals surface area contributed by atoms with Gasteiger partial charge in [0.1, 0.15) is 11.8 Å². The SMILES string of the molecule is O=C1CCC(N2C(=O)c3ccc(N4CCC(CN5CCN(C(=O)c6ccccc6OC(F)(F)F)CC5)CC4)cc3C2=O)C(=O)N1. The minimum Gasteiger partial charge on any atom is -0.405 e. The van der Waals surface area contributed by atoms with E-state index in [0.29, 0.717) is 32.1 Å². The fourth-order valence-electron chi connectivity index (χ4n) is 6.56. The van der Waals surface area contributed by atoms with E-state index in [4.69, 9.17) is 0 Å². The van der Waals surface area contributed by atoms with Crippen LogP contribution >= 0.6 is 0 Å². The molecule has 0 aliphatic carbocycles. The summed E-state index contributed by atoms with van der Waals surface area (Å²) in [4.78, 5) is 70.0. The molecular formula is C31H32F3N5O6. The number of benzene rings is 2. The standard InChI is InChI=1S/C31H32F3N5O6/c32-31(33,34)45-25-4-2-1-3-22(25)28(42)38-15-13-36(14-16-38)18-19-9-11-37(12-10-19)20-5-6-21-23(17-20)30(44)39(29(21)43)24-7-8-26(40)35-27(24)41/h1-6,17,19,24H,7-16,18H2,(H,35,40,41). The summed E-state index contributed by atoms with van der Waals surface area (Å²) in [5.41, 5.74) is 1.21. The summed E-state index contributed by atoms with van der Waals surface area (Å²) in [7, 11) is 0. The van der Waals surface area contributed by atoms with Gasteiger partial charge in [0.2, 0.25) is 11.8 Å². The fourth-order valence-corrected chi connectivity index (χ4v) is 6.56. The molecular weight excluding hydrogens is 595 g/mol. The predicted molar refractivity (Wildman–Crippen MR) is 154 cm³/mol. The van der Waals surface area contributed by atoms with Crippen molar-refractivity contribution in [3.63, 3.8) is 0 Å². The van der Waals surface area contributed by atoms with Crippen molar-refractivity contribution in [2.75, 3.05) is 50.7 Å². The van der Waals surface area contributed by atoms with Gasteiger partial charge in [-0.2, -0.15) is 0 Å². The number of para-hydroxylation sites is 1. The number of piperidine rings is 2. The molecule has 0 aromatic heterocycles. The molecule has 1 unspecified atom stereocenters. The number of fused-ring (bicyclic) bond motifs is 1. The van der Waals surface area contributed by atoms with Gasteiger partial charge in [0.15, 0.2) is 0 Å². The lowest BCUT2D eigenvalue weighted by Crippen LogP contribution is -2.54. The van der Waals surface area contributed by atoms with Crippen molar-refractivity contribution in [1.29, 1.82) is 0 Å². The zero-order valence-corrected chi connectivity index (χ0v) is 24.3. The van der Waals surface area contributed by atoms with E-state index in [-0.39, 0.29) is 29.5 Å². The van der Waals surface area contributed by atoms with Crippen LogP contribution in [-0.4, -0.2) is 102 Å². The van der Waals surface area contributed by atoms with E-state index >= 15 is 0 Å². The molecule has 11 nitrogen and oxygen atoms in total. The second-order valence-corrected chi connectivity index (χ2v) is 11.7. The topological polar surface area (TPSA) is 120 Å². The number of halogens is 3. The number of carbonyl (C=O) groups is 5. The maximum atomic E-state index is 13.2. The van der Waals surface area contributed by atoms with Crippen LogP contribution in [0.1, 0.15) is 56.8 Å². The molecule has 0 saturated carbocycles. The van der Waals surface area contributed by atoms with E-state index in [1.54, 1.807) is 17.0 Å². The Bertz CT molecular complexity index is 1530. The molecule has 1 N–H and O–H groups in total. The molecule has 4 aliphatic heterocycles. The number of amides is 5. The van der Waals surface area contributed by atoms with E-state index in [1.165, 1.54) is 18.2 Å². The number of anilines is 1. The lowest BCUT2D eigenvalue weighted by atomic mass is 9.95. The molecule has 45 heavy (non-hydrogen) atoms. The average molecular weight is 628 g/mol. The van der Waals surface area contributed by atoms with Gasteiger partial charge in [-0.15, -0.1) is 13.2 Å². The van der Waals surface area contributed by atoms with Crippen molar-refractivity contribution in [1.82, 2.24) is 20.0 Å². The monoisotopic (exact) mass is 627 g/mol. The fraction of sp³-hybridized carbons (Fsp3) is 0.452. The molecule has 0 spiro atoms. The first-order chi connectivity index (χ1) is 21.5. The number of nitrogens with zero attached hydrogens (tertiary/aromatic N) is 4. The zero-order chi connectivity index (χ0) is 31.9. The summed E-state index contributed by atoms with van der Waals surface area (Å²) >= 11 is 0. The Labute approximate surface area is 256 Å². The molecule has 6 rings (SSSR count). The quantitative estimate of drug-likeness (QED) is 0.486. The van der Waals surface area contributed by atoms with Gasteiger partial charge in [0, 0.05) is 57.9 Å². The minimum atomic E-state index is -4.89. The van der Waals surface area contributed by atoms with Crippen molar-refractivity contribution < 1.29 is 41.9 Å². The average Bonchev–Trinajstić information content (AvgIpc) is 3.26. The molecule has 4 aliphatic rings. The van der Waals surface area contributed by atoms with Gasteiger partial charge < -0.3 is 14.5 Å². The normalized spacial score (nSPS) is 21.7. The molecule has 14 heteroatoms. The highest BCUT2D eigenvalue weighted by molar-refractivity contribution is 6.23. The number of hydrogen-bond donors (Lipinski definition) is 1. The molecule has 3 fully saturated rings. The van der Waals surface area contributed by atoms with E-state index < -0.39 is 47.7 Å². The number of imide groups is 2. The summed E-state index contributed by atoms with van der Waals surface area (Å²) in [6.07, 6.45) is -2.93. The molecule has 5 amide bonds. The van der Waals surface area contributed by atoms with Crippen LogP contribution in [-0.2, 0) is 9.59 Å². The summed E-state index contributed by atoms with van der Waals surface area (Å²) < 4.78 is 42.5. The molecule has 1 atom stereocenters. The van der Waals surface area contributed by atoms with Crippen LogP contribution in [0.4, 0.5) is 18.9 Å². The highest BCUT2D eigenvalue weighted by Crippen LogP contribution is 2.33. The van der Waals surface area contributed by atoms with E-state index in [2.05, 4.69) is 19.9 Å². The van der Waals surface area contributed by atoms with Gasteiger partial charge in [-0.25, -0.2) is 0 Å². The van der Waals surface area contributed by atoms with Crippen LogP contribution in [0.3, 0.4) is 0 Å². The second kappa shape index (κ2) is 12.1. The molecule has 4 heterocycles. The van der Waals surface area contributed by atoms with Gasteiger partial charge in [-0.05, 0) is 55.5 Å². The van der Waals surface area contributed by atoms with Gasteiger partial charge in [-0.3, -0.25) is 39.1 Å². The van der Waals surface area contributed by atoms with Crippen molar-refractivity contribution >= 4 is 35.2 Å². The largest absolute Gasteiger partial charge is 0.573 e. The van der Waals surface area contributed by atoms with Gasteiger partial charge in [-0.1, -0.05) is 12.1 Å². The Kier molecular flexibility index (Phi) is 8.25. The second-order valence-electron chi connectivity index (χ2n) is 11.7. The zero-order valence-electron chi connectivity index (χ0n) is 24.3. The molecule has 0 radical (unpaired) electrons. The van der Waals surface area contributed by atoms with Crippen molar-refractivity contribution in [2.45, 2.75) is 38.1 Å². The lowest BCUT2D eigenvalue weighted by molar-refractivity contribution is -0.274. The van der Waals surface area contributed by atoms with Gasteiger partial charge >= 0.3 is 6.36 Å². The molecule has 0 bridgehead atoms. The number of ether oxygens (including phenoxy) is 1. The summed E-state index contributed by atoms with van der Waals surface area (Å²) in [5, 5.41) is 2.20. The van der Waals surface area contributed by atoms with Crippen LogP contribution in [0.5, 0.6) is 5.75 Å². The number of nitrogens with one attached hydrogen (secondary N) is 1. The number of carbonyl (C=O) groups excluding carboxylic acids is 5. The Morgan fingerprint density at radius 1 is 0.867 bits per heavy atom. The third-order valence-corrected chi connectivity index (χ3v) is 8.92. The maximum absolute atomic E-state index is 13.2. The van der Waals surface area contributed by atoms with E-state index in [0.717, 1.165) is 49.1 Å². The highest BCUT2D eigenvalue weighted by atomic mass is 19.4. The Hall–Kier alpha value is -4.46. The summed E-state index contributed by atoms with van der Waals surface area (Å²) in [5.74, 6) is -2.71. The van der Waals surface area contributed by atoms with Crippen molar-refractivity contribution in [3.05, 3.63) is 59.2 Å². The highest BCUT2D eigenvalue weighted by Gasteiger charge is 2.45. The van der Waals surface area contributed by atoms with Crippen LogP contribution in [0.25, 0.3) is 0 Å². The first kappa shape index (κ1) is 30.6. The maximum Gasteiger partial charge on any atom is 0.573 e. The predicted octanol–water partition coefficient (Wildman–Crippen LogP) is 2.66. The summed E-state index contributed by atoms with van der Waals surface area (Å²) in [6, 6.07) is 9.51. The first-order valence-electron chi connectivity index (χ1n) is 15.0. The number of alkyl halides is 3. The molecule has 2 aromatic rings. The lowest BCUT2D eigenvalue weighted by Gasteiger charge is -2.39. The van der Waals surface area contributed by atoms with Gasteiger partial charge in [0.05, 0.1) is 16.7 Å². The number of rotatable bonds is 6. The number of piperazine rings is 1. The molecule has 2 aromatic carbocycles. The van der Waals surface area contributed by atoms with Crippen LogP contribution in [0, 0.1) is 5.92 Å². The molecule has 3 saturated heterocycles. The van der Waals surface area contributed by atoms with Crippen LogP contribution in [0.2, 0.25) is 0 Å². The molecule has 238 valence electrons. The van der Waals surface area contributed by atoms with E-state index in [1.807, 2.05) is 6.07 Å². The van der Waals surface area contributed by atoms with Gasteiger partial charge in [0.25, 0.3) is 17.7 Å². The number of hydrogen-bond acceptors (Lipinski definition) is 8. The smallest absolute Gasteiger partial charge is 0.405 e. The Balaban J connectivity index is 1.00. The van der Waals surface area contributed by atoms with Crippen LogP contribution in [0.15, 0.2) is 42.5 Å². The third kappa shape index (κ3) is 6.37. The van der Waals surface area contributed by atoms with Crippen molar-refractivity contribution in [2.24, 2.45) is 5.92 Å². The van der Waals surface area contributed by atoms with Crippen LogP contribution < -0.4 is 15.0 Å². The van der Waals surface area contributed by atoms with E-state index in [9.17, 15) is 37.1 Å². The first-order valence-corrected chi connectivity index (χ1v) is 15.0. The third-order valence-electron chi connectivity index (χ3n) is 8.92. The summed E-state index contributed by atoms with van der Waals surface area (Å²) in [6.45, 7) is 4.35. The van der Waals surface area contributed by atoms with Crippen molar-refractivity contribution in [3.8, 4) is 5.75 Å². The minimum absolute atomic E-state index is 0.0626. The Morgan fingerprint density at radius 2 is 1.56 bits per heavy atom. The Morgan fingerprint density at radius 3 is 2.24 bits per heavy atom.